The molecule has 2 saturated carbocycles. The number of aliphatic carboxylic acids is 1. The summed E-state index contributed by atoms with van der Waals surface area (Å²) in [6.07, 6.45) is 5.02. The highest BCUT2D eigenvalue weighted by Crippen LogP contribution is 2.43. The van der Waals surface area contributed by atoms with Crippen LogP contribution in [0.25, 0.3) is 0 Å². The number of carboxylic acids is 1. The van der Waals surface area contributed by atoms with E-state index in [1.165, 1.54) is 0 Å². The Morgan fingerprint density at radius 1 is 1.18 bits per heavy atom. The van der Waals surface area contributed by atoms with Crippen molar-refractivity contribution in [2.24, 2.45) is 11.3 Å². The van der Waals surface area contributed by atoms with Gasteiger partial charge in [-0.25, -0.2) is 4.79 Å². The molecule has 0 bridgehead atoms. The van der Waals surface area contributed by atoms with E-state index in [-0.39, 0.29) is 17.2 Å². The molecule has 2 fully saturated rings. The van der Waals surface area contributed by atoms with E-state index in [1.54, 1.807) is 0 Å². The van der Waals surface area contributed by atoms with Gasteiger partial charge in [0.25, 0.3) is 0 Å². The molecule has 0 aromatic rings. The third kappa shape index (κ3) is 2.05. The zero-order valence-electron chi connectivity index (χ0n) is 10.6. The summed E-state index contributed by atoms with van der Waals surface area (Å²) < 4.78 is 0. The second-order valence-corrected chi connectivity index (χ2v) is 6.16. The van der Waals surface area contributed by atoms with Crippen LogP contribution in [0.1, 0.15) is 52.4 Å². The summed E-state index contributed by atoms with van der Waals surface area (Å²) in [6, 6.07) is 0. The van der Waals surface area contributed by atoms with Crippen molar-refractivity contribution >= 4 is 11.9 Å². The summed E-state index contributed by atoms with van der Waals surface area (Å²) in [4.78, 5) is 23.4. The Bertz CT molecular complexity index is 345. The molecule has 4 heteroatoms. The summed E-state index contributed by atoms with van der Waals surface area (Å²) in [5, 5.41) is 12.0. The molecule has 17 heavy (non-hydrogen) atoms. The zero-order chi connectivity index (χ0) is 12.7. The molecule has 0 aromatic heterocycles. The average molecular weight is 239 g/mol. The molecule has 1 amide bonds. The SMILES string of the molecule is CC1(C)CCCC1C(=O)NC1(C(=O)O)CCC1. The van der Waals surface area contributed by atoms with Crippen molar-refractivity contribution in [1.82, 2.24) is 5.32 Å². The average Bonchev–Trinajstić information content (AvgIpc) is 2.50. The highest BCUT2D eigenvalue weighted by atomic mass is 16.4. The lowest BCUT2D eigenvalue weighted by Crippen LogP contribution is -2.60. The monoisotopic (exact) mass is 239 g/mol. The first-order valence-electron chi connectivity index (χ1n) is 6.43. The van der Waals surface area contributed by atoms with Gasteiger partial charge in [-0.15, -0.1) is 0 Å². The molecule has 2 rings (SSSR count). The minimum atomic E-state index is -0.963. The number of hydrogen-bond donors (Lipinski definition) is 2. The lowest BCUT2D eigenvalue weighted by atomic mass is 9.75. The highest BCUT2D eigenvalue weighted by molar-refractivity contribution is 5.89. The van der Waals surface area contributed by atoms with Crippen molar-refractivity contribution in [3.8, 4) is 0 Å². The number of hydrogen-bond acceptors (Lipinski definition) is 2. The highest BCUT2D eigenvalue weighted by Gasteiger charge is 2.48. The van der Waals surface area contributed by atoms with Gasteiger partial charge in [-0.3, -0.25) is 4.79 Å². The van der Waals surface area contributed by atoms with Crippen LogP contribution in [0.15, 0.2) is 0 Å². The molecule has 1 unspecified atom stereocenters. The van der Waals surface area contributed by atoms with Crippen LogP contribution < -0.4 is 5.32 Å². The number of carbonyl (C=O) groups excluding carboxylic acids is 1. The standard InChI is InChI=1S/C13H21NO3/c1-12(2)6-3-5-9(12)10(15)14-13(11(16)17)7-4-8-13/h9H,3-8H2,1-2H3,(H,14,15)(H,16,17). The molecule has 0 heterocycles. The van der Waals surface area contributed by atoms with Gasteiger partial charge in [-0.2, -0.15) is 0 Å². The van der Waals surface area contributed by atoms with E-state index in [1.807, 2.05) is 0 Å². The first kappa shape index (κ1) is 12.4. The predicted octanol–water partition coefficient (Wildman–Crippen LogP) is 1.94. The number of carbonyl (C=O) groups is 2. The minimum Gasteiger partial charge on any atom is -0.480 e. The van der Waals surface area contributed by atoms with Crippen molar-refractivity contribution in [1.29, 1.82) is 0 Å². The zero-order valence-corrected chi connectivity index (χ0v) is 10.6. The van der Waals surface area contributed by atoms with Gasteiger partial charge in [0.2, 0.25) is 5.91 Å². The summed E-state index contributed by atoms with van der Waals surface area (Å²) >= 11 is 0. The molecule has 0 radical (unpaired) electrons. The van der Waals surface area contributed by atoms with Gasteiger partial charge in [-0.05, 0) is 37.5 Å². The van der Waals surface area contributed by atoms with E-state index < -0.39 is 11.5 Å². The van der Waals surface area contributed by atoms with E-state index >= 15 is 0 Å². The summed E-state index contributed by atoms with van der Waals surface area (Å²) in [5.41, 5.74) is -0.955. The van der Waals surface area contributed by atoms with Gasteiger partial charge >= 0.3 is 5.97 Å². The van der Waals surface area contributed by atoms with Gasteiger partial charge in [0, 0.05) is 5.92 Å². The molecule has 0 saturated heterocycles. The van der Waals surface area contributed by atoms with Crippen LogP contribution in [0, 0.1) is 11.3 Å². The van der Waals surface area contributed by atoms with Gasteiger partial charge in [0.1, 0.15) is 5.54 Å². The quantitative estimate of drug-likeness (QED) is 0.791. The van der Waals surface area contributed by atoms with Crippen molar-refractivity contribution < 1.29 is 14.7 Å². The Morgan fingerprint density at radius 3 is 2.18 bits per heavy atom. The predicted molar refractivity (Wildman–Crippen MR) is 63.5 cm³/mol. The molecule has 2 aliphatic rings. The fourth-order valence-electron chi connectivity index (χ4n) is 3.06. The molecule has 2 aliphatic carbocycles. The Kier molecular flexibility index (Phi) is 2.92. The molecule has 4 nitrogen and oxygen atoms in total. The van der Waals surface area contributed by atoms with Crippen LogP contribution in [0.2, 0.25) is 0 Å². The number of carboxylic acid groups (broad SMARTS) is 1. The topological polar surface area (TPSA) is 66.4 Å². The molecule has 0 aliphatic heterocycles. The van der Waals surface area contributed by atoms with E-state index in [0.29, 0.717) is 12.8 Å². The normalized spacial score (nSPS) is 29.4. The van der Waals surface area contributed by atoms with Crippen molar-refractivity contribution in [3.05, 3.63) is 0 Å². The second-order valence-electron chi connectivity index (χ2n) is 6.16. The molecule has 0 aromatic carbocycles. The summed E-state index contributed by atoms with van der Waals surface area (Å²) in [5.74, 6) is -0.971. The van der Waals surface area contributed by atoms with Crippen molar-refractivity contribution in [2.75, 3.05) is 0 Å². The molecule has 96 valence electrons. The van der Waals surface area contributed by atoms with Crippen molar-refractivity contribution in [2.45, 2.75) is 57.9 Å². The van der Waals surface area contributed by atoms with Crippen LogP contribution in [0.3, 0.4) is 0 Å². The maximum atomic E-state index is 12.2. The fraction of sp³-hybridized carbons (Fsp3) is 0.846. The molecule has 0 spiro atoms. The first-order chi connectivity index (χ1) is 7.87. The maximum Gasteiger partial charge on any atom is 0.329 e. The van der Waals surface area contributed by atoms with Crippen LogP contribution >= 0.6 is 0 Å². The first-order valence-corrected chi connectivity index (χ1v) is 6.43. The van der Waals surface area contributed by atoms with Crippen LogP contribution in [-0.4, -0.2) is 22.5 Å². The van der Waals surface area contributed by atoms with E-state index in [9.17, 15) is 14.7 Å². The van der Waals surface area contributed by atoms with E-state index in [0.717, 1.165) is 25.7 Å². The lowest BCUT2D eigenvalue weighted by molar-refractivity contribution is -0.153. The fourth-order valence-corrected chi connectivity index (χ4v) is 3.06. The second kappa shape index (κ2) is 4.00. The Hall–Kier alpha value is -1.06. The van der Waals surface area contributed by atoms with E-state index in [2.05, 4.69) is 19.2 Å². The Labute approximate surface area is 102 Å². The third-order valence-electron chi connectivity index (χ3n) is 4.55. The number of nitrogens with one attached hydrogen (secondary N) is 1. The minimum absolute atomic E-state index is 0.00746. The smallest absolute Gasteiger partial charge is 0.329 e. The molecular formula is C13H21NO3. The van der Waals surface area contributed by atoms with Gasteiger partial charge in [-0.1, -0.05) is 20.3 Å². The third-order valence-corrected chi connectivity index (χ3v) is 4.55. The summed E-state index contributed by atoms with van der Waals surface area (Å²) in [7, 11) is 0. The Balaban J connectivity index is 2.04. The largest absolute Gasteiger partial charge is 0.480 e. The Morgan fingerprint density at radius 2 is 1.82 bits per heavy atom. The van der Waals surface area contributed by atoms with Crippen LogP contribution in [0.5, 0.6) is 0 Å². The summed E-state index contributed by atoms with van der Waals surface area (Å²) in [6.45, 7) is 4.19. The van der Waals surface area contributed by atoms with Gasteiger partial charge in [0.15, 0.2) is 0 Å². The number of rotatable bonds is 3. The molecule has 1 atom stereocenters. The van der Waals surface area contributed by atoms with Gasteiger partial charge < -0.3 is 10.4 Å². The van der Waals surface area contributed by atoms with E-state index in [4.69, 9.17) is 0 Å². The van der Waals surface area contributed by atoms with Crippen LogP contribution in [0.4, 0.5) is 0 Å². The van der Waals surface area contributed by atoms with Crippen LogP contribution in [-0.2, 0) is 9.59 Å². The van der Waals surface area contributed by atoms with Crippen molar-refractivity contribution in [3.63, 3.8) is 0 Å². The maximum absolute atomic E-state index is 12.2. The number of amides is 1. The molecular weight excluding hydrogens is 218 g/mol. The van der Waals surface area contributed by atoms with Gasteiger partial charge in [0.05, 0.1) is 0 Å². The lowest BCUT2D eigenvalue weighted by Gasteiger charge is -2.40. The molecule has 2 N–H and O–H groups in total.